The van der Waals surface area contributed by atoms with Crippen molar-refractivity contribution in [1.82, 2.24) is 10.1 Å². The molecule has 0 spiro atoms. The van der Waals surface area contributed by atoms with Crippen LogP contribution in [0.4, 0.5) is 0 Å². The van der Waals surface area contributed by atoms with Gasteiger partial charge in [0.15, 0.2) is 5.82 Å². The van der Waals surface area contributed by atoms with Crippen molar-refractivity contribution in [2.45, 2.75) is 38.0 Å². The third-order valence-electron chi connectivity index (χ3n) is 2.60. The van der Waals surface area contributed by atoms with Crippen LogP contribution in [0.3, 0.4) is 0 Å². The zero-order chi connectivity index (χ0) is 9.31. The van der Waals surface area contributed by atoms with Gasteiger partial charge in [0.05, 0.1) is 0 Å². The van der Waals surface area contributed by atoms with Crippen LogP contribution < -0.4 is 5.73 Å². The summed E-state index contributed by atoms with van der Waals surface area (Å²) in [5, 5.41) is 3.98. The monoisotopic (exact) mass is 181 g/mol. The van der Waals surface area contributed by atoms with Crippen molar-refractivity contribution in [1.29, 1.82) is 0 Å². The number of hydrogen-bond acceptors (Lipinski definition) is 4. The number of aryl methyl sites for hydroxylation is 1. The molecule has 0 atom stereocenters. The highest BCUT2D eigenvalue weighted by Crippen LogP contribution is 2.45. The maximum absolute atomic E-state index is 5.39. The zero-order valence-electron chi connectivity index (χ0n) is 7.92. The molecule has 1 aliphatic carbocycles. The van der Waals surface area contributed by atoms with Crippen LogP contribution in [0.25, 0.3) is 0 Å². The summed E-state index contributed by atoms with van der Waals surface area (Å²) in [5.74, 6) is 1.60. The van der Waals surface area contributed by atoms with Crippen molar-refractivity contribution in [3.8, 4) is 0 Å². The molecule has 1 aromatic heterocycles. The molecule has 1 fully saturated rings. The Kier molecular flexibility index (Phi) is 2.07. The lowest BCUT2D eigenvalue weighted by Gasteiger charge is -1.96. The van der Waals surface area contributed by atoms with Gasteiger partial charge in [0.2, 0.25) is 5.89 Å². The Labute approximate surface area is 77.5 Å². The summed E-state index contributed by atoms with van der Waals surface area (Å²) in [4.78, 5) is 4.35. The Hall–Kier alpha value is -0.900. The highest BCUT2D eigenvalue weighted by Gasteiger charge is 2.43. The van der Waals surface area contributed by atoms with Crippen LogP contribution in [0.5, 0.6) is 0 Å². The predicted octanol–water partition coefficient (Wildman–Crippen LogP) is 1.01. The van der Waals surface area contributed by atoms with Crippen LogP contribution in [0.15, 0.2) is 4.52 Å². The molecule has 0 saturated heterocycles. The van der Waals surface area contributed by atoms with Gasteiger partial charge in [0, 0.05) is 11.8 Å². The normalized spacial score (nSPS) is 18.9. The minimum atomic E-state index is 0.213. The van der Waals surface area contributed by atoms with E-state index < -0.39 is 0 Å². The molecule has 0 aliphatic heterocycles. The maximum Gasteiger partial charge on any atom is 0.226 e. The van der Waals surface area contributed by atoms with Gasteiger partial charge >= 0.3 is 0 Å². The molecule has 0 aromatic carbocycles. The van der Waals surface area contributed by atoms with Gasteiger partial charge in [0.25, 0.3) is 0 Å². The van der Waals surface area contributed by atoms with Crippen LogP contribution in [-0.2, 0) is 11.8 Å². The standard InChI is InChI=1S/C9H15N3O/c1-9(4-5-9)8-11-7(13-12-8)3-2-6-10/h2-6,10H2,1H3. The Morgan fingerprint density at radius 1 is 1.54 bits per heavy atom. The third-order valence-corrected chi connectivity index (χ3v) is 2.60. The van der Waals surface area contributed by atoms with Gasteiger partial charge in [-0.15, -0.1) is 0 Å². The summed E-state index contributed by atoms with van der Waals surface area (Å²) in [6.45, 7) is 2.85. The second-order valence-electron chi connectivity index (χ2n) is 3.96. The van der Waals surface area contributed by atoms with E-state index in [1.165, 1.54) is 12.8 Å². The highest BCUT2D eigenvalue weighted by atomic mass is 16.5. The first-order valence-corrected chi connectivity index (χ1v) is 4.78. The minimum Gasteiger partial charge on any atom is -0.339 e. The summed E-state index contributed by atoms with van der Waals surface area (Å²) in [6, 6.07) is 0. The van der Waals surface area contributed by atoms with Gasteiger partial charge in [-0.3, -0.25) is 0 Å². The fraction of sp³-hybridized carbons (Fsp3) is 0.778. The lowest BCUT2D eigenvalue weighted by Crippen LogP contribution is -2.03. The number of nitrogens with zero attached hydrogens (tertiary/aromatic N) is 2. The van der Waals surface area contributed by atoms with Crippen LogP contribution in [-0.4, -0.2) is 16.7 Å². The van der Waals surface area contributed by atoms with Gasteiger partial charge in [-0.1, -0.05) is 12.1 Å². The molecule has 13 heavy (non-hydrogen) atoms. The molecule has 1 heterocycles. The van der Waals surface area contributed by atoms with Crippen molar-refractivity contribution in [2.75, 3.05) is 6.54 Å². The first-order valence-electron chi connectivity index (χ1n) is 4.78. The summed E-state index contributed by atoms with van der Waals surface area (Å²) >= 11 is 0. The van der Waals surface area contributed by atoms with Crippen molar-refractivity contribution < 1.29 is 4.52 Å². The molecular formula is C9H15N3O. The molecule has 1 aromatic rings. The van der Waals surface area contributed by atoms with Crippen LogP contribution in [0, 0.1) is 0 Å². The molecule has 1 saturated carbocycles. The van der Waals surface area contributed by atoms with Gasteiger partial charge in [0.1, 0.15) is 0 Å². The van der Waals surface area contributed by atoms with E-state index in [0.29, 0.717) is 6.54 Å². The van der Waals surface area contributed by atoms with E-state index in [1.54, 1.807) is 0 Å². The maximum atomic E-state index is 5.39. The molecule has 1 aliphatic rings. The quantitative estimate of drug-likeness (QED) is 0.753. The smallest absolute Gasteiger partial charge is 0.226 e. The second kappa shape index (κ2) is 3.10. The minimum absolute atomic E-state index is 0.213. The van der Waals surface area contributed by atoms with Crippen molar-refractivity contribution in [3.63, 3.8) is 0 Å². The van der Waals surface area contributed by atoms with E-state index in [9.17, 15) is 0 Å². The summed E-state index contributed by atoms with van der Waals surface area (Å²) in [6.07, 6.45) is 4.09. The molecule has 0 unspecified atom stereocenters. The Balaban J connectivity index is 2.01. The largest absolute Gasteiger partial charge is 0.339 e. The first-order chi connectivity index (χ1) is 6.24. The highest BCUT2D eigenvalue weighted by molar-refractivity contribution is 5.14. The van der Waals surface area contributed by atoms with Gasteiger partial charge in [-0.2, -0.15) is 4.98 Å². The van der Waals surface area contributed by atoms with E-state index in [4.69, 9.17) is 10.3 Å². The molecule has 0 bridgehead atoms. The van der Waals surface area contributed by atoms with E-state index >= 15 is 0 Å². The van der Waals surface area contributed by atoms with E-state index in [0.717, 1.165) is 24.6 Å². The third kappa shape index (κ3) is 1.72. The molecule has 0 amide bonds. The van der Waals surface area contributed by atoms with Crippen molar-refractivity contribution >= 4 is 0 Å². The summed E-state index contributed by atoms with van der Waals surface area (Å²) in [5.41, 5.74) is 5.60. The second-order valence-corrected chi connectivity index (χ2v) is 3.96. The Morgan fingerprint density at radius 3 is 2.92 bits per heavy atom. The van der Waals surface area contributed by atoms with Gasteiger partial charge in [-0.25, -0.2) is 0 Å². The Bertz CT molecular complexity index is 291. The lowest BCUT2D eigenvalue weighted by atomic mass is 10.1. The fourth-order valence-corrected chi connectivity index (χ4v) is 1.27. The topological polar surface area (TPSA) is 64.9 Å². The van der Waals surface area contributed by atoms with Crippen LogP contribution in [0.2, 0.25) is 0 Å². The SMILES string of the molecule is CC1(c2noc(CCCN)n2)CC1. The van der Waals surface area contributed by atoms with Gasteiger partial charge < -0.3 is 10.3 Å². The van der Waals surface area contributed by atoms with Gasteiger partial charge in [-0.05, 0) is 25.8 Å². The first kappa shape index (κ1) is 8.69. The Morgan fingerprint density at radius 2 is 2.31 bits per heavy atom. The van der Waals surface area contributed by atoms with Crippen LogP contribution >= 0.6 is 0 Å². The van der Waals surface area contributed by atoms with Crippen molar-refractivity contribution in [3.05, 3.63) is 11.7 Å². The molecule has 72 valence electrons. The van der Waals surface area contributed by atoms with E-state index in [-0.39, 0.29) is 5.41 Å². The zero-order valence-corrected chi connectivity index (χ0v) is 7.92. The molecule has 0 radical (unpaired) electrons. The average molecular weight is 181 g/mol. The number of rotatable bonds is 4. The molecular weight excluding hydrogens is 166 g/mol. The predicted molar refractivity (Wildman–Crippen MR) is 48.3 cm³/mol. The molecule has 4 nitrogen and oxygen atoms in total. The van der Waals surface area contributed by atoms with Crippen molar-refractivity contribution in [2.24, 2.45) is 5.73 Å². The van der Waals surface area contributed by atoms with E-state index in [1.807, 2.05) is 0 Å². The average Bonchev–Trinajstić information content (AvgIpc) is 2.69. The summed E-state index contributed by atoms with van der Waals surface area (Å²) in [7, 11) is 0. The lowest BCUT2D eigenvalue weighted by molar-refractivity contribution is 0.367. The molecule has 2 rings (SSSR count). The number of nitrogens with two attached hydrogens (primary N) is 1. The van der Waals surface area contributed by atoms with Crippen LogP contribution in [0.1, 0.15) is 37.9 Å². The number of aromatic nitrogens is 2. The number of hydrogen-bond donors (Lipinski definition) is 1. The molecule has 4 heteroatoms. The summed E-state index contributed by atoms with van der Waals surface area (Å²) < 4.78 is 5.12. The van der Waals surface area contributed by atoms with E-state index in [2.05, 4.69) is 17.1 Å². The fourth-order valence-electron chi connectivity index (χ4n) is 1.27. The molecule has 2 N–H and O–H groups in total.